The van der Waals surface area contributed by atoms with Crippen LogP contribution in [0.1, 0.15) is 33.1 Å². The van der Waals surface area contributed by atoms with E-state index >= 15 is 0 Å². The molecule has 2 rings (SSSR count). The zero-order valence-corrected chi connectivity index (χ0v) is 13.9. The van der Waals surface area contributed by atoms with E-state index < -0.39 is 30.0 Å². The highest BCUT2D eigenvalue weighted by molar-refractivity contribution is 5.82. The molecule has 0 saturated carbocycles. The van der Waals surface area contributed by atoms with E-state index in [-0.39, 0.29) is 25.0 Å². The number of amidine groups is 1. The molecule has 1 amide bonds. The molecule has 3 unspecified atom stereocenters. The van der Waals surface area contributed by atoms with Gasteiger partial charge in [0, 0.05) is 18.9 Å². The van der Waals surface area contributed by atoms with E-state index in [1.165, 1.54) is 0 Å². The molecule has 10 heteroatoms. The molecule has 0 spiro atoms. The molecular weight excluding hydrogens is 316 g/mol. The Morgan fingerprint density at radius 1 is 1.46 bits per heavy atom. The number of ether oxygens (including phenoxy) is 1. The molecule has 2 aliphatic heterocycles. The standard InChI is InChI=1S/C14H26N6O4/c1-7(2)17-13(21)24-6-8-10-11(20-12(16)19-10)14(22,23)5-3-4-9(15)18-8/h7-8,10-11,22-23H,3-6H2,1-2H3,(H2,15,18)(H,17,21)(H3,16,19,20). The van der Waals surface area contributed by atoms with Gasteiger partial charge >= 0.3 is 6.09 Å². The molecule has 8 N–H and O–H groups in total. The molecule has 0 saturated heterocycles. The molecule has 0 fully saturated rings. The van der Waals surface area contributed by atoms with Gasteiger partial charge in [0.2, 0.25) is 0 Å². The SMILES string of the molecule is CC(C)NC(=O)OCC1N=C(N)CCCC(O)(O)C2N=C(N)NC12. The van der Waals surface area contributed by atoms with Crippen LogP contribution in [0.4, 0.5) is 4.79 Å². The van der Waals surface area contributed by atoms with Crippen molar-refractivity contribution in [2.75, 3.05) is 6.61 Å². The summed E-state index contributed by atoms with van der Waals surface area (Å²) < 4.78 is 5.18. The fourth-order valence-electron chi connectivity index (χ4n) is 2.83. The minimum Gasteiger partial charge on any atom is -0.447 e. The second kappa shape index (κ2) is 7.22. The lowest BCUT2D eigenvalue weighted by Crippen LogP contribution is -2.55. The van der Waals surface area contributed by atoms with Crippen LogP contribution in [0.3, 0.4) is 0 Å². The summed E-state index contributed by atoms with van der Waals surface area (Å²) in [6.45, 7) is 3.53. The zero-order valence-electron chi connectivity index (χ0n) is 13.9. The fourth-order valence-corrected chi connectivity index (χ4v) is 2.83. The van der Waals surface area contributed by atoms with Crippen molar-refractivity contribution in [3.63, 3.8) is 0 Å². The van der Waals surface area contributed by atoms with Crippen molar-refractivity contribution in [3.05, 3.63) is 0 Å². The van der Waals surface area contributed by atoms with Gasteiger partial charge in [-0.2, -0.15) is 0 Å². The van der Waals surface area contributed by atoms with Crippen LogP contribution in [0.2, 0.25) is 0 Å². The molecule has 0 aromatic rings. The second-order valence-corrected chi connectivity index (χ2v) is 6.45. The van der Waals surface area contributed by atoms with Crippen molar-refractivity contribution in [3.8, 4) is 0 Å². The molecule has 136 valence electrons. The van der Waals surface area contributed by atoms with E-state index in [4.69, 9.17) is 16.2 Å². The lowest BCUT2D eigenvalue weighted by Gasteiger charge is -2.32. The summed E-state index contributed by atoms with van der Waals surface area (Å²) in [5.74, 6) is -1.60. The van der Waals surface area contributed by atoms with Crippen molar-refractivity contribution in [2.45, 2.75) is 63.1 Å². The van der Waals surface area contributed by atoms with Gasteiger partial charge in [0.25, 0.3) is 0 Å². The van der Waals surface area contributed by atoms with Gasteiger partial charge < -0.3 is 37.1 Å². The number of guanidine groups is 1. The number of aliphatic hydroxyl groups is 2. The van der Waals surface area contributed by atoms with Crippen LogP contribution >= 0.6 is 0 Å². The Morgan fingerprint density at radius 3 is 2.83 bits per heavy atom. The van der Waals surface area contributed by atoms with Crippen molar-refractivity contribution < 1.29 is 19.7 Å². The fraction of sp³-hybridized carbons (Fsp3) is 0.786. The van der Waals surface area contributed by atoms with E-state index in [1.807, 2.05) is 13.8 Å². The van der Waals surface area contributed by atoms with Gasteiger partial charge in [0.1, 0.15) is 18.7 Å². The highest BCUT2D eigenvalue weighted by Crippen LogP contribution is 2.27. The molecule has 0 bridgehead atoms. The maximum absolute atomic E-state index is 11.7. The average molecular weight is 342 g/mol. The number of nitrogens with one attached hydrogen (secondary N) is 2. The minimum atomic E-state index is -2.04. The number of aliphatic imine (C=N–C) groups is 2. The molecule has 0 radical (unpaired) electrons. The molecule has 0 aliphatic carbocycles. The van der Waals surface area contributed by atoms with E-state index in [2.05, 4.69) is 20.6 Å². The zero-order chi connectivity index (χ0) is 17.9. The third-order valence-corrected chi connectivity index (χ3v) is 3.92. The third-order valence-electron chi connectivity index (χ3n) is 3.92. The molecule has 10 nitrogen and oxygen atoms in total. The number of hydrogen-bond donors (Lipinski definition) is 6. The van der Waals surface area contributed by atoms with Crippen LogP contribution in [0.5, 0.6) is 0 Å². The quantitative estimate of drug-likeness (QED) is 0.334. The van der Waals surface area contributed by atoms with Gasteiger partial charge in [-0.05, 0) is 20.3 Å². The first kappa shape index (κ1) is 18.3. The smallest absolute Gasteiger partial charge is 0.407 e. The molecule has 2 aliphatic rings. The summed E-state index contributed by atoms with van der Waals surface area (Å²) in [4.78, 5) is 20.1. The Hall–Kier alpha value is -2.07. The van der Waals surface area contributed by atoms with Gasteiger partial charge in [0.15, 0.2) is 11.7 Å². The van der Waals surface area contributed by atoms with Gasteiger partial charge in [-0.25, -0.2) is 9.79 Å². The predicted octanol–water partition coefficient (Wildman–Crippen LogP) is -1.63. The molecule has 24 heavy (non-hydrogen) atoms. The summed E-state index contributed by atoms with van der Waals surface area (Å²) in [6.07, 6.45) is 0.365. The topological polar surface area (TPSA) is 168 Å². The summed E-state index contributed by atoms with van der Waals surface area (Å²) in [5.41, 5.74) is 11.6. The first-order valence-electron chi connectivity index (χ1n) is 7.99. The number of alkyl carbamates (subject to hydrolysis) is 1. The molecular formula is C14H26N6O4. The number of hydrogen-bond acceptors (Lipinski definition) is 9. The maximum atomic E-state index is 11.7. The van der Waals surface area contributed by atoms with Crippen molar-refractivity contribution in [1.29, 1.82) is 0 Å². The Labute approximate surface area is 140 Å². The number of fused-ring (bicyclic) bond motifs is 1. The van der Waals surface area contributed by atoms with E-state index in [1.54, 1.807) is 0 Å². The Balaban J connectivity index is 2.17. The summed E-state index contributed by atoms with van der Waals surface area (Å²) in [5, 5.41) is 26.1. The van der Waals surface area contributed by atoms with E-state index in [9.17, 15) is 15.0 Å². The predicted molar refractivity (Wildman–Crippen MR) is 88.4 cm³/mol. The molecule has 3 atom stereocenters. The number of carbonyl (C=O) groups is 1. The minimum absolute atomic E-state index is 0.0644. The highest BCUT2D eigenvalue weighted by atomic mass is 16.5. The number of carbonyl (C=O) groups excluding carboxylic acids is 1. The van der Waals surface area contributed by atoms with E-state index in [0.717, 1.165) is 0 Å². The first-order valence-corrected chi connectivity index (χ1v) is 7.99. The lowest BCUT2D eigenvalue weighted by atomic mass is 9.92. The Kier molecular flexibility index (Phi) is 5.50. The van der Waals surface area contributed by atoms with Crippen LogP contribution in [0, 0.1) is 0 Å². The van der Waals surface area contributed by atoms with Gasteiger partial charge in [-0.1, -0.05) is 0 Å². The van der Waals surface area contributed by atoms with Crippen LogP contribution in [0.15, 0.2) is 9.98 Å². The third kappa shape index (κ3) is 4.48. The van der Waals surface area contributed by atoms with Crippen molar-refractivity contribution in [1.82, 2.24) is 10.6 Å². The van der Waals surface area contributed by atoms with Gasteiger partial charge in [-0.3, -0.25) is 4.99 Å². The van der Waals surface area contributed by atoms with Crippen LogP contribution < -0.4 is 22.1 Å². The van der Waals surface area contributed by atoms with Crippen LogP contribution in [0.25, 0.3) is 0 Å². The molecule has 0 aromatic carbocycles. The normalized spacial score (nSPS) is 29.3. The summed E-state index contributed by atoms with van der Waals surface area (Å²) >= 11 is 0. The largest absolute Gasteiger partial charge is 0.447 e. The van der Waals surface area contributed by atoms with Crippen molar-refractivity contribution >= 4 is 17.9 Å². The summed E-state index contributed by atoms with van der Waals surface area (Å²) in [6, 6.07) is -2.27. The Bertz CT molecular complexity index is 533. The number of nitrogens with two attached hydrogens (primary N) is 2. The van der Waals surface area contributed by atoms with Crippen LogP contribution in [-0.4, -0.2) is 64.7 Å². The second-order valence-electron chi connectivity index (χ2n) is 6.45. The number of amides is 1. The highest BCUT2D eigenvalue weighted by Gasteiger charge is 2.47. The maximum Gasteiger partial charge on any atom is 0.407 e. The van der Waals surface area contributed by atoms with Crippen molar-refractivity contribution in [2.24, 2.45) is 21.5 Å². The molecule has 2 heterocycles. The first-order chi connectivity index (χ1) is 11.2. The van der Waals surface area contributed by atoms with Crippen LogP contribution in [-0.2, 0) is 4.74 Å². The number of rotatable bonds is 3. The molecule has 0 aromatic heterocycles. The monoisotopic (exact) mass is 342 g/mol. The van der Waals surface area contributed by atoms with Gasteiger partial charge in [-0.15, -0.1) is 0 Å². The van der Waals surface area contributed by atoms with Gasteiger partial charge in [0.05, 0.1) is 11.9 Å². The lowest BCUT2D eigenvalue weighted by molar-refractivity contribution is -0.184. The summed E-state index contributed by atoms with van der Waals surface area (Å²) in [7, 11) is 0. The number of nitrogens with zero attached hydrogens (tertiary/aromatic N) is 2. The van der Waals surface area contributed by atoms with E-state index in [0.29, 0.717) is 18.7 Å². The Morgan fingerprint density at radius 2 is 2.17 bits per heavy atom. The average Bonchev–Trinajstić information content (AvgIpc) is 2.85.